The molecule has 0 radical (unpaired) electrons. The van der Waals surface area contributed by atoms with Gasteiger partial charge in [0.05, 0.1) is 5.56 Å². The molecule has 0 N–H and O–H groups in total. The number of thioether (sulfide) groups is 1. The molecular formula is C11H13BrClNOS. The van der Waals surface area contributed by atoms with Crippen molar-refractivity contribution in [1.82, 2.24) is 4.90 Å². The number of amides is 1. The average Bonchev–Trinajstić information content (AvgIpc) is 2.28. The summed E-state index contributed by atoms with van der Waals surface area (Å²) in [5.41, 5.74) is 0.608. The van der Waals surface area contributed by atoms with Gasteiger partial charge in [0, 0.05) is 28.8 Å². The van der Waals surface area contributed by atoms with Gasteiger partial charge < -0.3 is 4.90 Å². The first-order chi connectivity index (χ1) is 7.56. The summed E-state index contributed by atoms with van der Waals surface area (Å²) in [7, 11) is 1.80. The van der Waals surface area contributed by atoms with Gasteiger partial charge >= 0.3 is 0 Å². The van der Waals surface area contributed by atoms with Crippen molar-refractivity contribution in [1.29, 1.82) is 0 Å². The Morgan fingerprint density at radius 1 is 1.56 bits per heavy atom. The summed E-state index contributed by atoms with van der Waals surface area (Å²) in [4.78, 5) is 13.8. The SMILES string of the molecule is CSCCN(C)C(=O)c1cc(Cl)ccc1Br. The zero-order valence-corrected chi connectivity index (χ0v) is 12.3. The minimum atomic E-state index is -0.0107. The van der Waals surface area contributed by atoms with E-state index in [-0.39, 0.29) is 5.91 Å². The molecule has 0 bridgehead atoms. The Balaban J connectivity index is 2.83. The molecule has 0 atom stereocenters. The van der Waals surface area contributed by atoms with Crippen LogP contribution in [0.3, 0.4) is 0 Å². The molecule has 0 aromatic heterocycles. The molecular weight excluding hydrogens is 310 g/mol. The van der Waals surface area contributed by atoms with Crippen LogP contribution in [0.15, 0.2) is 22.7 Å². The monoisotopic (exact) mass is 321 g/mol. The highest BCUT2D eigenvalue weighted by molar-refractivity contribution is 9.10. The third-order valence-corrected chi connectivity index (χ3v) is 3.65. The van der Waals surface area contributed by atoms with Crippen LogP contribution in [0.1, 0.15) is 10.4 Å². The van der Waals surface area contributed by atoms with Gasteiger partial charge in [-0.25, -0.2) is 0 Å². The molecule has 16 heavy (non-hydrogen) atoms. The summed E-state index contributed by atoms with van der Waals surface area (Å²) in [6, 6.07) is 5.23. The summed E-state index contributed by atoms with van der Waals surface area (Å²) in [6.45, 7) is 0.735. The number of hydrogen-bond acceptors (Lipinski definition) is 2. The van der Waals surface area contributed by atoms with Crippen LogP contribution in [0.25, 0.3) is 0 Å². The van der Waals surface area contributed by atoms with Crippen molar-refractivity contribution in [3.8, 4) is 0 Å². The highest BCUT2D eigenvalue weighted by Crippen LogP contribution is 2.22. The third kappa shape index (κ3) is 3.68. The van der Waals surface area contributed by atoms with E-state index in [9.17, 15) is 4.79 Å². The number of nitrogens with zero attached hydrogens (tertiary/aromatic N) is 1. The second-order valence-electron chi connectivity index (χ2n) is 3.34. The second kappa shape index (κ2) is 6.52. The highest BCUT2D eigenvalue weighted by atomic mass is 79.9. The number of benzene rings is 1. The zero-order chi connectivity index (χ0) is 12.1. The Hall–Kier alpha value is -0.190. The minimum absolute atomic E-state index is 0.0107. The normalized spacial score (nSPS) is 10.2. The summed E-state index contributed by atoms with van der Waals surface area (Å²) in [6.07, 6.45) is 2.02. The minimum Gasteiger partial charge on any atom is -0.341 e. The molecule has 0 heterocycles. The van der Waals surface area contributed by atoms with Crippen molar-refractivity contribution in [2.45, 2.75) is 0 Å². The van der Waals surface area contributed by atoms with E-state index >= 15 is 0 Å². The van der Waals surface area contributed by atoms with E-state index in [4.69, 9.17) is 11.6 Å². The van der Waals surface area contributed by atoms with Crippen LogP contribution >= 0.6 is 39.3 Å². The van der Waals surface area contributed by atoms with Crippen LogP contribution < -0.4 is 0 Å². The molecule has 0 saturated heterocycles. The first kappa shape index (κ1) is 13.9. The number of halogens is 2. The molecule has 88 valence electrons. The highest BCUT2D eigenvalue weighted by Gasteiger charge is 2.14. The molecule has 0 fully saturated rings. The van der Waals surface area contributed by atoms with Gasteiger partial charge in [0.2, 0.25) is 0 Å². The molecule has 1 aromatic carbocycles. The number of hydrogen-bond donors (Lipinski definition) is 0. The Bertz CT molecular complexity index is 386. The zero-order valence-electron chi connectivity index (χ0n) is 9.17. The maximum Gasteiger partial charge on any atom is 0.254 e. The molecule has 2 nitrogen and oxygen atoms in total. The van der Waals surface area contributed by atoms with Crippen molar-refractivity contribution >= 4 is 45.2 Å². The van der Waals surface area contributed by atoms with Gasteiger partial charge in [-0.1, -0.05) is 11.6 Å². The van der Waals surface area contributed by atoms with Gasteiger partial charge in [-0.15, -0.1) is 0 Å². The lowest BCUT2D eigenvalue weighted by atomic mass is 10.2. The topological polar surface area (TPSA) is 20.3 Å². The molecule has 0 saturated carbocycles. The van der Waals surface area contributed by atoms with Gasteiger partial charge in [-0.05, 0) is 40.4 Å². The molecule has 1 aromatic rings. The predicted molar refractivity (Wildman–Crippen MR) is 74.5 cm³/mol. The Labute approximate surface area is 113 Å². The van der Waals surface area contributed by atoms with Crippen molar-refractivity contribution < 1.29 is 4.79 Å². The van der Waals surface area contributed by atoms with Gasteiger partial charge in [-0.2, -0.15) is 11.8 Å². The summed E-state index contributed by atoms with van der Waals surface area (Å²) >= 11 is 10.9. The van der Waals surface area contributed by atoms with E-state index in [1.54, 1.807) is 41.9 Å². The van der Waals surface area contributed by atoms with Gasteiger partial charge in [-0.3, -0.25) is 4.79 Å². The second-order valence-corrected chi connectivity index (χ2v) is 5.62. The van der Waals surface area contributed by atoms with Crippen LogP contribution in [0.4, 0.5) is 0 Å². The lowest BCUT2D eigenvalue weighted by Crippen LogP contribution is -2.29. The fourth-order valence-corrected chi connectivity index (χ4v) is 2.24. The maximum atomic E-state index is 12.1. The molecule has 0 aliphatic heterocycles. The molecule has 1 amide bonds. The van der Waals surface area contributed by atoms with E-state index in [0.29, 0.717) is 10.6 Å². The van der Waals surface area contributed by atoms with Gasteiger partial charge in [0.1, 0.15) is 0 Å². The molecule has 5 heteroatoms. The van der Waals surface area contributed by atoms with Crippen LogP contribution in [-0.4, -0.2) is 36.4 Å². The quantitative estimate of drug-likeness (QED) is 0.845. The predicted octanol–water partition coefficient (Wildman–Crippen LogP) is 3.54. The summed E-state index contributed by atoms with van der Waals surface area (Å²) < 4.78 is 0.776. The number of carbonyl (C=O) groups is 1. The lowest BCUT2D eigenvalue weighted by molar-refractivity contribution is 0.0803. The van der Waals surface area contributed by atoms with Crippen molar-refractivity contribution in [2.24, 2.45) is 0 Å². The molecule has 0 unspecified atom stereocenters. The molecule has 0 aliphatic carbocycles. The maximum absolute atomic E-state index is 12.1. The third-order valence-electron chi connectivity index (χ3n) is 2.14. The van der Waals surface area contributed by atoms with E-state index < -0.39 is 0 Å². The largest absolute Gasteiger partial charge is 0.341 e. The van der Waals surface area contributed by atoms with Crippen molar-refractivity contribution in [3.63, 3.8) is 0 Å². The first-order valence-corrected chi connectivity index (χ1v) is 7.32. The smallest absolute Gasteiger partial charge is 0.254 e. The van der Waals surface area contributed by atoms with Crippen LogP contribution in [-0.2, 0) is 0 Å². The van der Waals surface area contributed by atoms with Crippen molar-refractivity contribution in [2.75, 3.05) is 25.6 Å². The Kier molecular flexibility index (Phi) is 5.66. The summed E-state index contributed by atoms with van der Waals surface area (Å²) in [5, 5.41) is 0.574. The molecule has 1 rings (SSSR count). The summed E-state index contributed by atoms with van der Waals surface area (Å²) in [5.74, 6) is 0.920. The van der Waals surface area contributed by atoms with Crippen LogP contribution in [0, 0.1) is 0 Å². The Morgan fingerprint density at radius 2 is 2.25 bits per heavy atom. The first-order valence-electron chi connectivity index (χ1n) is 4.75. The molecule has 0 aliphatic rings. The Morgan fingerprint density at radius 3 is 2.88 bits per heavy atom. The fourth-order valence-electron chi connectivity index (χ4n) is 1.20. The number of carbonyl (C=O) groups excluding carboxylic acids is 1. The van der Waals surface area contributed by atoms with E-state index in [1.807, 2.05) is 6.26 Å². The van der Waals surface area contributed by atoms with Crippen molar-refractivity contribution in [3.05, 3.63) is 33.3 Å². The molecule has 0 spiro atoms. The lowest BCUT2D eigenvalue weighted by Gasteiger charge is -2.17. The standard InChI is InChI=1S/C11H13BrClNOS/c1-14(5-6-16-2)11(15)9-7-8(13)3-4-10(9)12/h3-4,7H,5-6H2,1-2H3. The van der Waals surface area contributed by atoms with E-state index in [1.165, 1.54) is 0 Å². The van der Waals surface area contributed by atoms with Gasteiger partial charge in [0.25, 0.3) is 5.91 Å². The van der Waals surface area contributed by atoms with E-state index in [2.05, 4.69) is 15.9 Å². The van der Waals surface area contributed by atoms with Crippen LogP contribution in [0.5, 0.6) is 0 Å². The van der Waals surface area contributed by atoms with Crippen LogP contribution in [0.2, 0.25) is 5.02 Å². The van der Waals surface area contributed by atoms with E-state index in [0.717, 1.165) is 16.8 Å². The fraction of sp³-hybridized carbons (Fsp3) is 0.364. The number of rotatable bonds is 4. The average molecular weight is 323 g/mol. The van der Waals surface area contributed by atoms with Gasteiger partial charge in [0.15, 0.2) is 0 Å².